The first-order valence-corrected chi connectivity index (χ1v) is 6.90. The number of hydrogen-bond acceptors (Lipinski definition) is 1. The molecule has 0 aromatic heterocycles. The maximum atomic E-state index is 13.6. The molecule has 0 aliphatic carbocycles. The Morgan fingerprint density at radius 1 is 1.10 bits per heavy atom. The lowest BCUT2D eigenvalue weighted by Gasteiger charge is -2.14. The zero-order valence-corrected chi connectivity index (χ0v) is 12.5. The lowest BCUT2D eigenvalue weighted by molar-refractivity contribution is 0.435. The summed E-state index contributed by atoms with van der Waals surface area (Å²) in [5, 5.41) is 0.470. The van der Waals surface area contributed by atoms with Gasteiger partial charge >= 0.3 is 0 Å². The van der Waals surface area contributed by atoms with E-state index in [2.05, 4.69) is 15.9 Å². The normalized spacial score (nSPS) is 12.5. The van der Waals surface area contributed by atoms with E-state index in [0.717, 1.165) is 16.6 Å². The van der Waals surface area contributed by atoms with Crippen molar-refractivity contribution >= 4 is 27.5 Å². The van der Waals surface area contributed by atoms with Gasteiger partial charge in [0.2, 0.25) is 0 Å². The summed E-state index contributed by atoms with van der Waals surface area (Å²) in [6.45, 7) is 0. The van der Waals surface area contributed by atoms with Crippen LogP contribution >= 0.6 is 27.5 Å². The number of hydrogen-bond donors (Lipinski definition) is 1. The summed E-state index contributed by atoms with van der Waals surface area (Å²) in [5.41, 5.74) is 6.47. The van der Waals surface area contributed by atoms with Crippen molar-refractivity contribution in [3.05, 3.63) is 68.4 Å². The molecule has 0 amide bonds. The molecule has 0 radical (unpaired) electrons. The van der Waals surface area contributed by atoms with Crippen molar-refractivity contribution < 1.29 is 13.2 Å². The molecule has 106 valence electrons. The molecule has 2 aromatic rings. The minimum atomic E-state index is -1.51. The van der Waals surface area contributed by atoms with Gasteiger partial charge in [0, 0.05) is 21.1 Å². The molecule has 2 N–H and O–H groups in total. The minimum Gasteiger partial charge on any atom is -0.324 e. The van der Waals surface area contributed by atoms with E-state index >= 15 is 0 Å². The molecule has 1 unspecified atom stereocenters. The van der Waals surface area contributed by atoms with Crippen molar-refractivity contribution in [3.8, 4) is 0 Å². The summed E-state index contributed by atoms with van der Waals surface area (Å²) >= 11 is 9.31. The lowest BCUT2D eigenvalue weighted by atomic mass is 9.99. The molecule has 0 spiro atoms. The van der Waals surface area contributed by atoms with Gasteiger partial charge in [-0.1, -0.05) is 39.7 Å². The Bertz CT molecular complexity index is 649. The van der Waals surface area contributed by atoms with Crippen molar-refractivity contribution in [3.63, 3.8) is 0 Å². The molecular weight excluding hydrogens is 355 g/mol. The largest absolute Gasteiger partial charge is 0.324 e. The van der Waals surface area contributed by atoms with E-state index in [4.69, 9.17) is 17.3 Å². The average molecular weight is 365 g/mol. The molecule has 2 aromatic carbocycles. The maximum Gasteiger partial charge on any atom is 0.194 e. The summed E-state index contributed by atoms with van der Waals surface area (Å²) in [5.74, 6) is -4.01. The third-order valence-electron chi connectivity index (χ3n) is 2.92. The fourth-order valence-electron chi connectivity index (χ4n) is 1.86. The van der Waals surface area contributed by atoms with E-state index in [0.29, 0.717) is 10.6 Å². The van der Waals surface area contributed by atoms with Gasteiger partial charge in [0.25, 0.3) is 0 Å². The summed E-state index contributed by atoms with van der Waals surface area (Å²) in [7, 11) is 0. The summed E-state index contributed by atoms with van der Waals surface area (Å²) in [6.07, 6.45) is 0.216. The van der Waals surface area contributed by atoms with Crippen LogP contribution in [0.4, 0.5) is 13.2 Å². The molecule has 0 aliphatic heterocycles. The van der Waals surface area contributed by atoms with E-state index in [-0.39, 0.29) is 12.0 Å². The molecule has 2 rings (SSSR count). The van der Waals surface area contributed by atoms with Crippen LogP contribution in [0, 0.1) is 17.5 Å². The van der Waals surface area contributed by atoms with Crippen LogP contribution in [0.2, 0.25) is 5.02 Å². The highest BCUT2D eigenvalue weighted by molar-refractivity contribution is 9.10. The predicted octanol–water partition coefficient (Wildman–Crippen LogP) is 4.76. The van der Waals surface area contributed by atoms with Crippen molar-refractivity contribution in [2.45, 2.75) is 12.5 Å². The van der Waals surface area contributed by atoms with Gasteiger partial charge in [-0.3, -0.25) is 0 Å². The maximum absolute atomic E-state index is 13.6. The number of halogens is 5. The fourth-order valence-corrected chi connectivity index (χ4v) is 2.61. The Morgan fingerprint density at radius 2 is 1.80 bits per heavy atom. The topological polar surface area (TPSA) is 26.0 Å². The standard InChI is InChI=1S/C14H10BrClF3N/c15-8-2-1-7(10(16)6-8)5-12(20)9-3-4-11(17)14(19)13(9)18/h1-4,6,12H,5,20H2. The molecular formula is C14H10BrClF3N. The molecule has 0 fully saturated rings. The van der Waals surface area contributed by atoms with Crippen LogP contribution in [-0.2, 0) is 6.42 Å². The van der Waals surface area contributed by atoms with Gasteiger partial charge in [-0.15, -0.1) is 0 Å². The van der Waals surface area contributed by atoms with Gasteiger partial charge in [-0.2, -0.15) is 0 Å². The second kappa shape index (κ2) is 6.16. The first-order valence-electron chi connectivity index (χ1n) is 5.73. The second-order valence-electron chi connectivity index (χ2n) is 4.31. The Hall–Kier alpha value is -1.04. The number of rotatable bonds is 3. The second-order valence-corrected chi connectivity index (χ2v) is 5.63. The summed E-state index contributed by atoms with van der Waals surface area (Å²) in [4.78, 5) is 0. The highest BCUT2D eigenvalue weighted by atomic mass is 79.9. The van der Waals surface area contributed by atoms with Crippen molar-refractivity contribution in [1.29, 1.82) is 0 Å². The van der Waals surface area contributed by atoms with Gasteiger partial charge in [0.1, 0.15) is 0 Å². The Balaban J connectivity index is 2.28. The van der Waals surface area contributed by atoms with E-state index in [1.54, 1.807) is 18.2 Å². The first kappa shape index (κ1) is 15.4. The predicted molar refractivity (Wildman–Crippen MR) is 76.1 cm³/mol. The fraction of sp³-hybridized carbons (Fsp3) is 0.143. The quantitative estimate of drug-likeness (QED) is 0.781. The average Bonchev–Trinajstić information content (AvgIpc) is 2.39. The molecule has 0 bridgehead atoms. The Labute approximate surface area is 127 Å². The van der Waals surface area contributed by atoms with Gasteiger partial charge in [-0.05, 0) is 30.2 Å². The molecule has 0 saturated heterocycles. The van der Waals surface area contributed by atoms with E-state index in [9.17, 15) is 13.2 Å². The van der Waals surface area contributed by atoms with Crippen LogP contribution in [0.25, 0.3) is 0 Å². The van der Waals surface area contributed by atoms with Crippen molar-refractivity contribution in [2.24, 2.45) is 5.73 Å². The SMILES string of the molecule is NC(Cc1ccc(Br)cc1Cl)c1ccc(F)c(F)c1F. The van der Waals surface area contributed by atoms with Crippen LogP contribution in [0.3, 0.4) is 0 Å². The van der Waals surface area contributed by atoms with Gasteiger partial charge in [-0.25, -0.2) is 13.2 Å². The van der Waals surface area contributed by atoms with Crippen molar-refractivity contribution in [2.75, 3.05) is 0 Å². The van der Waals surface area contributed by atoms with Crippen LogP contribution in [-0.4, -0.2) is 0 Å². The van der Waals surface area contributed by atoms with Gasteiger partial charge < -0.3 is 5.73 Å². The lowest BCUT2D eigenvalue weighted by Crippen LogP contribution is -2.16. The molecule has 0 aliphatic rings. The summed E-state index contributed by atoms with van der Waals surface area (Å²) < 4.78 is 40.5. The zero-order chi connectivity index (χ0) is 14.9. The number of benzene rings is 2. The molecule has 0 heterocycles. The smallest absolute Gasteiger partial charge is 0.194 e. The van der Waals surface area contributed by atoms with Gasteiger partial charge in [0.05, 0.1) is 0 Å². The van der Waals surface area contributed by atoms with Crippen LogP contribution < -0.4 is 5.73 Å². The molecule has 1 nitrogen and oxygen atoms in total. The molecule has 6 heteroatoms. The van der Waals surface area contributed by atoms with Crippen molar-refractivity contribution in [1.82, 2.24) is 0 Å². The van der Waals surface area contributed by atoms with E-state index in [1.807, 2.05) is 0 Å². The van der Waals surface area contributed by atoms with Crippen LogP contribution in [0.1, 0.15) is 17.2 Å². The highest BCUT2D eigenvalue weighted by Gasteiger charge is 2.19. The third-order valence-corrected chi connectivity index (χ3v) is 3.76. The Morgan fingerprint density at radius 3 is 2.45 bits per heavy atom. The zero-order valence-electron chi connectivity index (χ0n) is 10.1. The van der Waals surface area contributed by atoms with E-state index in [1.165, 1.54) is 0 Å². The monoisotopic (exact) mass is 363 g/mol. The molecule has 20 heavy (non-hydrogen) atoms. The first-order chi connectivity index (χ1) is 9.40. The minimum absolute atomic E-state index is 0.0807. The van der Waals surface area contributed by atoms with Crippen LogP contribution in [0.5, 0.6) is 0 Å². The highest BCUT2D eigenvalue weighted by Crippen LogP contribution is 2.27. The van der Waals surface area contributed by atoms with Gasteiger partial charge in [0.15, 0.2) is 17.5 Å². The third kappa shape index (κ3) is 3.16. The Kier molecular flexibility index (Phi) is 4.73. The molecule has 1 atom stereocenters. The summed E-state index contributed by atoms with van der Waals surface area (Å²) in [6, 6.07) is 6.39. The van der Waals surface area contributed by atoms with Crippen LogP contribution in [0.15, 0.2) is 34.8 Å². The number of nitrogens with two attached hydrogens (primary N) is 1. The van der Waals surface area contributed by atoms with E-state index < -0.39 is 23.5 Å². The molecule has 0 saturated carbocycles.